The number of hydrogen-bond donors (Lipinski definition) is 3. The van der Waals surface area contributed by atoms with Crippen molar-refractivity contribution in [2.45, 2.75) is 52.2 Å². The van der Waals surface area contributed by atoms with E-state index in [2.05, 4.69) is 25.9 Å². The van der Waals surface area contributed by atoms with Crippen LogP contribution in [0.25, 0.3) is 0 Å². The minimum absolute atomic E-state index is 0.0554. The van der Waals surface area contributed by atoms with Crippen LogP contribution in [-0.2, 0) is 11.2 Å². The summed E-state index contributed by atoms with van der Waals surface area (Å²) in [6.45, 7) is 6.98. The Labute approximate surface area is 265 Å². The number of nitrogens with zero attached hydrogens (tertiary/aromatic N) is 3. The molecule has 4 aromatic rings. The van der Waals surface area contributed by atoms with E-state index in [1.165, 1.54) is 16.2 Å². The van der Waals surface area contributed by atoms with Crippen LogP contribution in [-0.4, -0.2) is 57.6 Å². The summed E-state index contributed by atoms with van der Waals surface area (Å²) in [5.74, 6) is -1.34. The summed E-state index contributed by atoms with van der Waals surface area (Å²) in [6.07, 6.45) is 0.406. The SMILES string of the molecule is Cc1oc2nc1C(=O)N[C@H](C)c1nc(cs1)C(=O)N[C@H](Cc1ccccc1)CN(C(=O)c1ccccc1)CC(=O)N[C@H]2C(C)C. The van der Waals surface area contributed by atoms with Gasteiger partial charge >= 0.3 is 0 Å². The molecule has 3 N–H and O–H groups in total. The maximum Gasteiger partial charge on any atom is 0.274 e. The van der Waals surface area contributed by atoms with Crippen LogP contribution in [0.15, 0.2) is 70.5 Å². The van der Waals surface area contributed by atoms with Crippen LogP contribution >= 0.6 is 11.3 Å². The predicted octanol–water partition coefficient (Wildman–Crippen LogP) is 4.24. The summed E-state index contributed by atoms with van der Waals surface area (Å²) in [4.78, 5) is 64.5. The number of oxazole rings is 1. The van der Waals surface area contributed by atoms with E-state index in [4.69, 9.17) is 4.42 Å². The van der Waals surface area contributed by atoms with Crippen molar-refractivity contribution in [1.29, 1.82) is 0 Å². The standard InChI is InChI=1S/C33H36N6O5S/c1-19(2)27-31-38-28(21(4)44-31)30(42)34-20(3)32-36-25(18-45-32)29(41)35-24(15-22-11-7-5-8-12-22)16-39(17-26(40)37-27)33(43)23-13-9-6-10-14-23/h5-14,18-20,24,27H,15-17H2,1-4H3,(H,34,42)(H,35,41)(H,37,40)/t20-,24-,27+/m1/s1. The minimum Gasteiger partial charge on any atom is -0.443 e. The molecule has 1 aliphatic heterocycles. The molecule has 0 unspecified atom stereocenters. The summed E-state index contributed by atoms with van der Waals surface area (Å²) in [5.41, 5.74) is 1.65. The Morgan fingerprint density at radius 3 is 2.36 bits per heavy atom. The van der Waals surface area contributed by atoms with Gasteiger partial charge in [-0.25, -0.2) is 9.97 Å². The summed E-state index contributed by atoms with van der Waals surface area (Å²) < 4.78 is 5.89. The maximum absolute atomic E-state index is 13.8. The predicted molar refractivity (Wildman–Crippen MR) is 169 cm³/mol. The van der Waals surface area contributed by atoms with Gasteiger partial charge in [-0.15, -0.1) is 11.3 Å². The fourth-order valence-electron chi connectivity index (χ4n) is 5.15. The van der Waals surface area contributed by atoms with Gasteiger partial charge in [0.05, 0.1) is 18.6 Å². The lowest BCUT2D eigenvalue weighted by molar-refractivity contribution is -0.123. The lowest BCUT2D eigenvalue weighted by atomic mass is 10.0. The highest BCUT2D eigenvalue weighted by Crippen LogP contribution is 2.25. The van der Waals surface area contributed by atoms with Crippen LogP contribution in [0.3, 0.4) is 0 Å². The Balaban J connectivity index is 1.55. The molecule has 11 nitrogen and oxygen atoms in total. The number of thiazole rings is 1. The molecule has 234 valence electrons. The van der Waals surface area contributed by atoms with Crippen molar-refractivity contribution in [2.24, 2.45) is 5.92 Å². The van der Waals surface area contributed by atoms with Crippen LogP contribution in [0.1, 0.15) is 86.4 Å². The fourth-order valence-corrected chi connectivity index (χ4v) is 5.96. The number of hydrogen-bond acceptors (Lipinski definition) is 8. The number of carbonyl (C=O) groups is 4. The third-order valence-electron chi connectivity index (χ3n) is 7.49. The molecule has 0 saturated heterocycles. The molecule has 0 radical (unpaired) electrons. The summed E-state index contributed by atoms with van der Waals surface area (Å²) in [7, 11) is 0. The van der Waals surface area contributed by atoms with Crippen molar-refractivity contribution >= 4 is 35.0 Å². The molecule has 0 saturated carbocycles. The smallest absolute Gasteiger partial charge is 0.274 e. The van der Waals surface area contributed by atoms with Crippen LogP contribution in [0.5, 0.6) is 0 Å². The van der Waals surface area contributed by atoms with Crippen molar-refractivity contribution in [3.05, 3.63) is 105 Å². The van der Waals surface area contributed by atoms with Gasteiger partial charge in [0.25, 0.3) is 17.7 Å². The van der Waals surface area contributed by atoms with Crippen molar-refractivity contribution in [2.75, 3.05) is 13.1 Å². The van der Waals surface area contributed by atoms with Gasteiger partial charge in [0.15, 0.2) is 5.69 Å². The van der Waals surface area contributed by atoms with Gasteiger partial charge in [-0.1, -0.05) is 62.4 Å². The van der Waals surface area contributed by atoms with Gasteiger partial charge in [0.2, 0.25) is 11.8 Å². The second-order valence-electron chi connectivity index (χ2n) is 11.4. The summed E-state index contributed by atoms with van der Waals surface area (Å²) >= 11 is 1.25. The Kier molecular flexibility index (Phi) is 9.72. The van der Waals surface area contributed by atoms with E-state index in [-0.39, 0.29) is 42.2 Å². The number of fused-ring (bicyclic) bond motifs is 4. The van der Waals surface area contributed by atoms with E-state index in [9.17, 15) is 19.2 Å². The topological polar surface area (TPSA) is 147 Å². The number of aryl methyl sites for hydroxylation is 1. The number of rotatable bonds is 4. The fraction of sp³-hybridized carbons (Fsp3) is 0.333. The van der Waals surface area contributed by atoms with Crippen LogP contribution in [0.2, 0.25) is 0 Å². The highest BCUT2D eigenvalue weighted by atomic mass is 32.1. The first-order valence-corrected chi connectivity index (χ1v) is 15.7. The Bertz CT molecular complexity index is 1670. The highest BCUT2D eigenvalue weighted by Gasteiger charge is 2.31. The van der Waals surface area contributed by atoms with Crippen molar-refractivity contribution in [3.63, 3.8) is 0 Å². The molecule has 0 aliphatic carbocycles. The lowest BCUT2D eigenvalue weighted by Gasteiger charge is -2.29. The third-order valence-corrected chi connectivity index (χ3v) is 8.52. The Hall–Kier alpha value is -4.84. The molecule has 2 aromatic heterocycles. The molecule has 45 heavy (non-hydrogen) atoms. The van der Waals surface area contributed by atoms with Crippen LogP contribution < -0.4 is 16.0 Å². The van der Waals surface area contributed by atoms with Gasteiger partial charge in [0.1, 0.15) is 22.5 Å². The Morgan fingerprint density at radius 1 is 0.978 bits per heavy atom. The number of nitrogens with one attached hydrogen (secondary N) is 3. The first-order chi connectivity index (χ1) is 21.6. The molecule has 3 atom stereocenters. The maximum atomic E-state index is 13.8. The van der Waals surface area contributed by atoms with Crippen molar-refractivity contribution in [3.8, 4) is 0 Å². The zero-order valence-corrected chi connectivity index (χ0v) is 26.4. The van der Waals surface area contributed by atoms with Gasteiger partial charge < -0.3 is 25.3 Å². The van der Waals surface area contributed by atoms with Crippen LogP contribution in [0, 0.1) is 12.8 Å². The second-order valence-corrected chi connectivity index (χ2v) is 12.3. The van der Waals surface area contributed by atoms with Crippen molar-refractivity contribution in [1.82, 2.24) is 30.8 Å². The van der Waals surface area contributed by atoms with E-state index < -0.39 is 35.8 Å². The molecule has 0 fully saturated rings. The quantitative estimate of drug-likeness (QED) is 0.306. The van der Waals surface area contributed by atoms with E-state index in [1.807, 2.05) is 50.2 Å². The molecular weight excluding hydrogens is 592 g/mol. The number of aromatic nitrogens is 2. The van der Waals surface area contributed by atoms with Crippen molar-refractivity contribution < 1.29 is 23.6 Å². The van der Waals surface area contributed by atoms with Gasteiger partial charge in [-0.05, 0) is 43.9 Å². The molecule has 12 heteroatoms. The normalized spacial score (nSPS) is 19.7. The van der Waals surface area contributed by atoms with Gasteiger partial charge in [0, 0.05) is 17.5 Å². The number of amides is 4. The lowest BCUT2D eigenvalue weighted by Crippen LogP contribution is -2.50. The van der Waals surface area contributed by atoms with Crippen LogP contribution in [0.4, 0.5) is 0 Å². The average Bonchev–Trinajstić information content (AvgIpc) is 3.67. The van der Waals surface area contributed by atoms with Gasteiger partial charge in [-0.3, -0.25) is 19.2 Å². The zero-order valence-electron chi connectivity index (χ0n) is 25.6. The zero-order chi connectivity index (χ0) is 32.1. The first kappa shape index (κ1) is 31.6. The molecule has 0 spiro atoms. The third kappa shape index (κ3) is 7.63. The molecule has 1 aliphatic rings. The molecule has 4 bridgehead atoms. The molecular formula is C33H36N6O5S. The highest BCUT2D eigenvalue weighted by molar-refractivity contribution is 7.09. The first-order valence-electron chi connectivity index (χ1n) is 14.8. The number of benzene rings is 2. The number of carbonyl (C=O) groups excluding carboxylic acids is 4. The molecule has 5 rings (SSSR count). The average molecular weight is 629 g/mol. The second kappa shape index (κ2) is 13.9. The van der Waals surface area contributed by atoms with Gasteiger partial charge in [-0.2, -0.15) is 0 Å². The van der Waals surface area contributed by atoms with E-state index in [0.29, 0.717) is 22.8 Å². The van der Waals surface area contributed by atoms with E-state index in [0.717, 1.165) is 5.56 Å². The molecule has 3 heterocycles. The largest absolute Gasteiger partial charge is 0.443 e. The molecule has 4 amide bonds. The van der Waals surface area contributed by atoms with E-state index in [1.54, 1.807) is 43.5 Å². The summed E-state index contributed by atoms with van der Waals surface area (Å²) in [5, 5.41) is 11.1. The molecule has 2 aromatic carbocycles. The minimum atomic E-state index is -0.663. The summed E-state index contributed by atoms with van der Waals surface area (Å²) in [6, 6.07) is 16.6. The Morgan fingerprint density at radius 2 is 1.67 bits per heavy atom. The monoisotopic (exact) mass is 628 g/mol. The van der Waals surface area contributed by atoms with E-state index >= 15 is 0 Å².